The number of nitrogens with zero attached hydrogens (tertiary/aromatic N) is 2. The van der Waals surface area contributed by atoms with E-state index in [0.717, 1.165) is 37.3 Å². The minimum absolute atomic E-state index is 0.0295. The summed E-state index contributed by atoms with van der Waals surface area (Å²) < 4.78 is 0. The van der Waals surface area contributed by atoms with Crippen LogP contribution in [-0.4, -0.2) is 21.4 Å². The van der Waals surface area contributed by atoms with Crippen molar-refractivity contribution in [2.45, 2.75) is 26.4 Å². The zero-order valence-electron chi connectivity index (χ0n) is 11.0. The van der Waals surface area contributed by atoms with Gasteiger partial charge in [0.25, 0.3) is 5.56 Å². The van der Waals surface area contributed by atoms with E-state index < -0.39 is 0 Å². The lowest BCUT2D eigenvalue weighted by atomic mass is 10.1. The highest BCUT2D eigenvalue weighted by Crippen LogP contribution is 2.16. The Bertz CT molecular complexity index is 634. The highest BCUT2D eigenvalue weighted by molar-refractivity contribution is 5.21. The molecule has 2 heterocycles. The van der Waals surface area contributed by atoms with Crippen LogP contribution in [0.4, 0.5) is 0 Å². The number of benzene rings is 1. The second-order valence-corrected chi connectivity index (χ2v) is 5.02. The zero-order valence-corrected chi connectivity index (χ0v) is 11.0. The molecule has 4 heteroatoms. The molecule has 3 rings (SSSR count). The van der Waals surface area contributed by atoms with Crippen molar-refractivity contribution in [1.29, 1.82) is 0 Å². The van der Waals surface area contributed by atoms with Gasteiger partial charge >= 0.3 is 0 Å². The van der Waals surface area contributed by atoms with Crippen LogP contribution >= 0.6 is 0 Å². The van der Waals surface area contributed by atoms with Gasteiger partial charge in [-0.2, -0.15) is 0 Å². The number of nitrogens with one attached hydrogen (secondary N) is 1. The average molecular weight is 255 g/mol. The highest BCUT2D eigenvalue weighted by Gasteiger charge is 2.20. The maximum atomic E-state index is 11.8. The molecule has 0 fully saturated rings. The van der Waals surface area contributed by atoms with Gasteiger partial charge in [0.15, 0.2) is 0 Å². The van der Waals surface area contributed by atoms with E-state index in [2.05, 4.69) is 39.1 Å². The largest absolute Gasteiger partial charge is 0.311 e. The van der Waals surface area contributed by atoms with Crippen molar-refractivity contribution in [2.75, 3.05) is 6.54 Å². The van der Waals surface area contributed by atoms with Gasteiger partial charge in [0.05, 0.1) is 5.69 Å². The highest BCUT2D eigenvalue weighted by atomic mass is 16.1. The molecule has 1 aromatic heterocycles. The van der Waals surface area contributed by atoms with Crippen molar-refractivity contribution < 1.29 is 0 Å². The zero-order chi connectivity index (χ0) is 13.2. The Kier molecular flexibility index (Phi) is 3.17. The molecule has 4 nitrogen and oxygen atoms in total. The normalized spacial score (nSPS) is 15.2. The van der Waals surface area contributed by atoms with Gasteiger partial charge in [-0.15, -0.1) is 0 Å². The molecule has 0 radical (unpaired) electrons. The van der Waals surface area contributed by atoms with Crippen molar-refractivity contribution in [3.63, 3.8) is 0 Å². The summed E-state index contributed by atoms with van der Waals surface area (Å²) in [5, 5.41) is 0. The Hall–Kier alpha value is -1.94. The van der Waals surface area contributed by atoms with E-state index in [-0.39, 0.29) is 5.56 Å². The van der Waals surface area contributed by atoms with Crippen LogP contribution in [0.1, 0.15) is 22.6 Å². The topological polar surface area (TPSA) is 49.0 Å². The first kappa shape index (κ1) is 12.1. The van der Waals surface area contributed by atoms with Crippen molar-refractivity contribution in [3.05, 3.63) is 63.3 Å². The lowest BCUT2D eigenvalue weighted by Gasteiger charge is -2.27. The van der Waals surface area contributed by atoms with Crippen LogP contribution < -0.4 is 5.56 Å². The summed E-state index contributed by atoms with van der Waals surface area (Å²) in [6, 6.07) is 10.4. The summed E-state index contributed by atoms with van der Waals surface area (Å²) in [4.78, 5) is 21.4. The number of H-pyrrole nitrogens is 1. The molecule has 98 valence electrons. The standard InChI is InChI=1S/C15H17N3O/c1-11-16-14-10-18(8-7-13(14)15(19)17-11)9-12-5-3-2-4-6-12/h2-6H,7-10H2,1H3,(H,16,17,19). The van der Waals surface area contributed by atoms with Crippen LogP contribution in [0.25, 0.3) is 0 Å². The SMILES string of the molecule is Cc1nc2c(c(=O)[nH]1)CCN(Cc1ccccc1)C2. The van der Waals surface area contributed by atoms with Gasteiger partial charge in [0, 0.05) is 25.2 Å². The molecule has 1 aliphatic heterocycles. The molecule has 1 aliphatic rings. The van der Waals surface area contributed by atoms with E-state index in [1.165, 1.54) is 5.56 Å². The number of rotatable bonds is 2. The summed E-state index contributed by atoms with van der Waals surface area (Å²) in [7, 11) is 0. The van der Waals surface area contributed by atoms with E-state index in [1.807, 2.05) is 13.0 Å². The summed E-state index contributed by atoms with van der Waals surface area (Å²) in [6.07, 6.45) is 0.783. The van der Waals surface area contributed by atoms with Gasteiger partial charge in [-0.1, -0.05) is 30.3 Å². The number of aryl methyl sites for hydroxylation is 1. The summed E-state index contributed by atoms with van der Waals surface area (Å²) >= 11 is 0. The van der Waals surface area contributed by atoms with Crippen LogP contribution in [0.15, 0.2) is 35.1 Å². The monoisotopic (exact) mass is 255 g/mol. The predicted octanol–water partition coefficient (Wildman–Crippen LogP) is 1.64. The Morgan fingerprint density at radius 2 is 2.11 bits per heavy atom. The molecule has 0 atom stereocenters. The molecule has 0 amide bonds. The second kappa shape index (κ2) is 4.97. The van der Waals surface area contributed by atoms with Crippen molar-refractivity contribution >= 4 is 0 Å². The van der Waals surface area contributed by atoms with Gasteiger partial charge in [0.2, 0.25) is 0 Å². The quantitative estimate of drug-likeness (QED) is 0.887. The van der Waals surface area contributed by atoms with Crippen molar-refractivity contribution in [2.24, 2.45) is 0 Å². The maximum Gasteiger partial charge on any atom is 0.254 e. The summed E-state index contributed by atoms with van der Waals surface area (Å²) in [5.41, 5.74) is 3.12. The number of aromatic amines is 1. The molecule has 0 bridgehead atoms. The van der Waals surface area contributed by atoms with Crippen LogP contribution in [0.5, 0.6) is 0 Å². The van der Waals surface area contributed by atoms with E-state index in [9.17, 15) is 4.79 Å². The third-order valence-electron chi connectivity index (χ3n) is 3.52. The van der Waals surface area contributed by atoms with E-state index in [1.54, 1.807) is 0 Å². The molecule has 0 saturated carbocycles. The first-order chi connectivity index (χ1) is 9.22. The molecule has 0 unspecified atom stereocenters. The van der Waals surface area contributed by atoms with Gasteiger partial charge in [-0.05, 0) is 18.9 Å². The Balaban J connectivity index is 1.81. The third-order valence-corrected chi connectivity index (χ3v) is 3.52. The molecule has 0 saturated heterocycles. The molecule has 0 spiro atoms. The van der Waals surface area contributed by atoms with E-state index in [4.69, 9.17) is 0 Å². The van der Waals surface area contributed by atoms with E-state index >= 15 is 0 Å². The lowest BCUT2D eigenvalue weighted by molar-refractivity contribution is 0.240. The summed E-state index contributed by atoms with van der Waals surface area (Å²) in [6.45, 7) is 4.41. The Morgan fingerprint density at radius 3 is 2.89 bits per heavy atom. The smallest absolute Gasteiger partial charge is 0.254 e. The van der Waals surface area contributed by atoms with Gasteiger partial charge in [0.1, 0.15) is 5.82 Å². The minimum atomic E-state index is 0.0295. The summed E-state index contributed by atoms with van der Waals surface area (Å²) in [5.74, 6) is 0.699. The number of hydrogen-bond acceptors (Lipinski definition) is 3. The van der Waals surface area contributed by atoms with Crippen LogP contribution in [0.2, 0.25) is 0 Å². The predicted molar refractivity (Wildman–Crippen MR) is 73.9 cm³/mol. The minimum Gasteiger partial charge on any atom is -0.311 e. The molecular formula is C15H17N3O. The molecule has 2 aromatic rings. The van der Waals surface area contributed by atoms with Gasteiger partial charge in [-0.25, -0.2) is 4.98 Å². The Morgan fingerprint density at radius 1 is 1.32 bits per heavy atom. The average Bonchev–Trinajstić information content (AvgIpc) is 2.39. The van der Waals surface area contributed by atoms with Gasteiger partial charge < -0.3 is 4.98 Å². The third kappa shape index (κ3) is 2.58. The maximum absolute atomic E-state index is 11.8. The van der Waals surface area contributed by atoms with Crippen LogP contribution in [0, 0.1) is 6.92 Å². The molecule has 19 heavy (non-hydrogen) atoms. The molecule has 1 aromatic carbocycles. The fraction of sp³-hybridized carbons (Fsp3) is 0.333. The number of fused-ring (bicyclic) bond motifs is 1. The number of hydrogen-bond donors (Lipinski definition) is 1. The van der Waals surface area contributed by atoms with Gasteiger partial charge in [-0.3, -0.25) is 9.69 Å². The van der Waals surface area contributed by atoms with Crippen molar-refractivity contribution in [1.82, 2.24) is 14.9 Å². The van der Waals surface area contributed by atoms with E-state index in [0.29, 0.717) is 5.82 Å². The first-order valence-corrected chi connectivity index (χ1v) is 6.57. The number of aromatic nitrogens is 2. The molecule has 1 N–H and O–H groups in total. The lowest BCUT2D eigenvalue weighted by Crippen LogP contribution is -2.35. The molecular weight excluding hydrogens is 238 g/mol. The fourth-order valence-corrected chi connectivity index (χ4v) is 2.59. The molecule has 0 aliphatic carbocycles. The Labute approximate surface area is 112 Å². The second-order valence-electron chi connectivity index (χ2n) is 5.02. The van der Waals surface area contributed by atoms with Crippen LogP contribution in [-0.2, 0) is 19.5 Å². The van der Waals surface area contributed by atoms with Crippen molar-refractivity contribution in [3.8, 4) is 0 Å². The van der Waals surface area contributed by atoms with Crippen LogP contribution in [0.3, 0.4) is 0 Å². The fourth-order valence-electron chi connectivity index (χ4n) is 2.59. The first-order valence-electron chi connectivity index (χ1n) is 6.57.